The lowest BCUT2D eigenvalue weighted by Crippen LogP contribution is -2.50. The molecule has 1 aliphatic heterocycles. The molecule has 0 atom stereocenters. The second-order valence-corrected chi connectivity index (χ2v) is 8.50. The molecule has 0 aliphatic carbocycles. The molecule has 11 heteroatoms. The smallest absolute Gasteiger partial charge is 0.273 e. The van der Waals surface area contributed by atoms with Crippen LogP contribution in [0.5, 0.6) is 0 Å². The Morgan fingerprint density at radius 2 is 1.88 bits per heavy atom. The Morgan fingerprint density at radius 1 is 1.20 bits per heavy atom. The first-order valence-corrected chi connectivity index (χ1v) is 10.1. The van der Waals surface area contributed by atoms with Gasteiger partial charge in [0.15, 0.2) is 0 Å². The van der Waals surface area contributed by atoms with Crippen LogP contribution in [0.3, 0.4) is 0 Å². The number of aromatic nitrogens is 4. The summed E-state index contributed by atoms with van der Waals surface area (Å²) in [7, 11) is -1.91. The van der Waals surface area contributed by atoms with Gasteiger partial charge in [-0.1, -0.05) is 0 Å². The molecule has 1 saturated heterocycles. The van der Waals surface area contributed by atoms with Crippen LogP contribution in [0.15, 0.2) is 28.0 Å². The lowest BCUT2D eigenvalue weighted by atomic mass is 10.3. The number of amides is 1. The predicted molar refractivity (Wildman–Crippen MR) is 93.5 cm³/mol. The minimum Gasteiger partial charge on any atom is -0.335 e. The fourth-order valence-corrected chi connectivity index (χ4v) is 4.65. The van der Waals surface area contributed by atoms with Crippen molar-refractivity contribution >= 4 is 31.9 Å². The van der Waals surface area contributed by atoms with Crippen molar-refractivity contribution in [3.8, 4) is 0 Å². The fourth-order valence-electron chi connectivity index (χ4n) is 2.78. The van der Waals surface area contributed by atoms with Gasteiger partial charge in [-0.2, -0.15) is 14.5 Å². The van der Waals surface area contributed by atoms with E-state index in [9.17, 15) is 13.2 Å². The second-order valence-electron chi connectivity index (χ2n) is 5.70. The highest BCUT2D eigenvalue weighted by atomic mass is 79.9. The van der Waals surface area contributed by atoms with Crippen LogP contribution in [0.25, 0.3) is 0 Å². The molecular weight excluding hydrogens is 412 g/mol. The monoisotopic (exact) mass is 430 g/mol. The third kappa shape index (κ3) is 3.35. The van der Waals surface area contributed by atoms with E-state index in [4.69, 9.17) is 0 Å². The van der Waals surface area contributed by atoms with E-state index in [1.807, 2.05) is 6.92 Å². The number of carbonyl (C=O) groups is 1. The minimum absolute atomic E-state index is 0.148. The average Bonchev–Trinajstić information content (AvgIpc) is 3.20. The molecule has 2 aromatic rings. The van der Waals surface area contributed by atoms with Crippen molar-refractivity contribution in [1.82, 2.24) is 28.8 Å². The molecule has 1 amide bonds. The van der Waals surface area contributed by atoms with E-state index in [1.54, 1.807) is 22.8 Å². The molecule has 2 aromatic heterocycles. The second kappa shape index (κ2) is 6.89. The van der Waals surface area contributed by atoms with Crippen LogP contribution in [0.4, 0.5) is 0 Å². The third-order valence-corrected chi connectivity index (χ3v) is 6.57. The van der Waals surface area contributed by atoms with E-state index in [0.717, 1.165) is 0 Å². The van der Waals surface area contributed by atoms with Gasteiger partial charge in [-0.25, -0.2) is 8.42 Å². The number of carbonyl (C=O) groups excluding carboxylic acids is 1. The molecular formula is C14H19BrN6O3S. The van der Waals surface area contributed by atoms with Gasteiger partial charge in [0.05, 0.1) is 16.9 Å². The van der Waals surface area contributed by atoms with Gasteiger partial charge in [-0.3, -0.25) is 14.2 Å². The number of nitrogens with zero attached hydrogens (tertiary/aromatic N) is 6. The maximum atomic E-state index is 12.7. The predicted octanol–water partition coefficient (Wildman–Crippen LogP) is 0.546. The summed E-state index contributed by atoms with van der Waals surface area (Å²) in [6.45, 7) is 3.66. The highest BCUT2D eigenvalue weighted by Gasteiger charge is 2.32. The van der Waals surface area contributed by atoms with E-state index in [2.05, 4.69) is 26.1 Å². The summed E-state index contributed by atoms with van der Waals surface area (Å²) in [6, 6.07) is 0. The summed E-state index contributed by atoms with van der Waals surface area (Å²) in [5.41, 5.74) is 0.492. The SMILES string of the molecule is CCn1ncc(Br)c1C(=O)N1CCN(S(=O)(=O)c2cnn(C)c2)CC1. The van der Waals surface area contributed by atoms with Gasteiger partial charge in [0, 0.05) is 46.0 Å². The average molecular weight is 431 g/mol. The molecule has 0 N–H and O–H groups in total. The topological polar surface area (TPSA) is 93.3 Å². The summed E-state index contributed by atoms with van der Waals surface area (Å²) in [4.78, 5) is 14.6. The lowest BCUT2D eigenvalue weighted by Gasteiger charge is -2.33. The molecule has 0 radical (unpaired) electrons. The van der Waals surface area contributed by atoms with Gasteiger partial charge in [0.25, 0.3) is 5.91 Å². The van der Waals surface area contributed by atoms with E-state index < -0.39 is 10.0 Å². The third-order valence-electron chi connectivity index (χ3n) is 4.14. The molecule has 0 aromatic carbocycles. The molecule has 0 saturated carbocycles. The molecule has 136 valence electrons. The summed E-state index contributed by atoms with van der Waals surface area (Å²) >= 11 is 3.36. The quantitative estimate of drug-likeness (QED) is 0.705. The maximum absolute atomic E-state index is 12.7. The molecule has 1 aliphatic rings. The first-order chi connectivity index (χ1) is 11.8. The van der Waals surface area contributed by atoms with Crippen molar-refractivity contribution in [2.24, 2.45) is 7.05 Å². The molecule has 0 unspecified atom stereocenters. The minimum atomic E-state index is -3.58. The number of hydrogen-bond donors (Lipinski definition) is 0. The highest BCUT2D eigenvalue weighted by Crippen LogP contribution is 2.21. The molecule has 25 heavy (non-hydrogen) atoms. The summed E-state index contributed by atoms with van der Waals surface area (Å²) in [6.07, 6.45) is 4.41. The highest BCUT2D eigenvalue weighted by molar-refractivity contribution is 9.10. The van der Waals surface area contributed by atoms with E-state index in [1.165, 1.54) is 21.4 Å². The molecule has 1 fully saturated rings. The molecule has 0 bridgehead atoms. The zero-order valence-corrected chi connectivity index (χ0v) is 16.4. The molecule has 3 rings (SSSR count). The zero-order valence-electron chi connectivity index (χ0n) is 14.0. The van der Waals surface area contributed by atoms with Crippen LogP contribution in [-0.2, 0) is 23.6 Å². The Balaban J connectivity index is 1.71. The van der Waals surface area contributed by atoms with Crippen LogP contribution in [-0.4, -0.2) is 69.3 Å². The van der Waals surface area contributed by atoms with Crippen molar-refractivity contribution in [3.63, 3.8) is 0 Å². The number of piperazine rings is 1. The van der Waals surface area contributed by atoms with E-state index in [0.29, 0.717) is 29.8 Å². The lowest BCUT2D eigenvalue weighted by molar-refractivity contribution is 0.0684. The van der Waals surface area contributed by atoms with Gasteiger partial charge in [-0.15, -0.1) is 0 Å². The van der Waals surface area contributed by atoms with E-state index >= 15 is 0 Å². The van der Waals surface area contributed by atoms with Crippen molar-refractivity contribution in [2.75, 3.05) is 26.2 Å². The Labute approximate surface area is 154 Å². The van der Waals surface area contributed by atoms with Crippen LogP contribution in [0.2, 0.25) is 0 Å². The number of halogens is 1. The first kappa shape index (κ1) is 18.1. The van der Waals surface area contributed by atoms with Crippen LogP contribution >= 0.6 is 15.9 Å². The number of hydrogen-bond acceptors (Lipinski definition) is 5. The van der Waals surface area contributed by atoms with Gasteiger partial charge >= 0.3 is 0 Å². The van der Waals surface area contributed by atoms with Crippen LogP contribution in [0, 0.1) is 0 Å². The number of aryl methyl sites for hydroxylation is 2. The number of rotatable bonds is 4. The zero-order chi connectivity index (χ0) is 18.2. The maximum Gasteiger partial charge on any atom is 0.273 e. The molecule has 9 nitrogen and oxygen atoms in total. The largest absolute Gasteiger partial charge is 0.335 e. The van der Waals surface area contributed by atoms with Gasteiger partial charge in [0.1, 0.15) is 10.6 Å². The Kier molecular flexibility index (Phi) is 4.98. The summed E-state index contributed by atoms with van der Waals surface area (Å²) in [5, 5.41) is 8.07. The van der Waals surface area contributed by atoms with Gasteiger partial charge in [-0.05, 0) is 22.9 Å². The van der Waals surface area contributed by atoms with Crippen molar-refractivity contribution in [3.05, 3.63) is 28.8 Å². The molecule has 0 spiro atoms. The van der Waals surface area contributed by atoms with Crippen LogP contribution in [0.1, 0.15) is 17.4 Å². The Hall–Kier alpha value is -1.72. The van der Waals surface area contributed by atoms with Gasteiger partial charge < -0.3 is 4.90 Å². The summed E-state index contributed by atoms with van der Waals surface area (Å²) < 4.78 is 30.3. The first-order valence-electron chi connectivity index (χ1n) is 7.84. The van der Waals surface area contributed by atoms with Crippen LogP contribution < -0.4 is 0 Å². The Bertz CT molecular complexity index is 882. The summed E-state index contributed by atoms with van der Waals surface area (Å²) in [5.74, 6) is -0.148. The normalized spacial score (nSPS) is 16.4. The standard InChI is InChI=1S/C14H19BrN6O3S/c1-3-21-13(12(15)9-17-21)14(22)19-4-6-20(7-5-19)25(23,24)11-8-16-18(2)10-11/h8-10H,3-7H2,1-2H3. The van der Waals surface area contributed by atoms with E-state index in [-0.39, 0.29) is 23.9 Å². The van der Waals surface area contributed by atoms with Gasteiger partial charge in [0.2, 0.25) is 10.0 Å². The Morgan fingerprint density at radius 3 is 2.44 bits per heavy atom. The van der Waals surface area contributed by atoms with Crippen molar-refractivity contribution in [2.45, 2.75) is 18.4 Å². The van der Waals surface area contributed by atoms with Crippen molar-refractivity contribution in [1.29, 1.82) is 0 Å². The number of sulfonamides is 1. The fraction of sp³-hybridized carbons (Fsp3) is 0.500. The van der Waals surface area contributed by atoms with Crippen molar-refractivity contribution < 1.29 is 13.2 Å². The molecule has 3 heterocycles.